The van der Waals surface area contributed by atoms with Gasteiger partial charge in [0, 0.05) is 12.6 Å². The van der Waals surface area contributed by atoms with Gasteiger partial charge in [-0.25, -0.2) is 0 Å². The van der Waals surface area contributed by atoms with Gasteiger partial charge in [0.2, 0.25) is 5.91 Å². The zero-order valence-electron chi connectivity index (χ0n) is 10.2. The van der Waals surface area contributed by atoms with Gasteiger partial charge in [0.1, 0.15) is 0 Å². The summed E-state index contributed by atoms with van der Waals surface area (Å²) in [6.07, 6.45) is 3.65. The molecule has 2 N–H and O–H groups in total. The minimum atomic E-state index is -0.788. The summed E-state index contributed by atoms with van der Waals surface area (Å²) in [7, 11) is 0. The van der Waals surface area contributed by atoms with Crippen molar-refractivity contribution in [2.45, 2.75) is 44.7 Å². The van der Waals surface area contributed by atoms with Gasteiger partial charge in [0.25, 0.3) is 0 Å². The molecule has 0 aliphatic carbocycles. The summed E-state index contributed by atoms with van der Waals surface area (Å²) >= 11 is 0. The third kappa shape index (κ3) is 2.44. The van der Waals surface area contributed by atoms with E-state index >= 15 is 0 Å². The predicted molar refractivity (Wildman–Crippen MR) is 62.6 cm³/mol. The maximum Gasteiger partial charge on any atom is 0.308 e. The molecule has 2 fully saturated rings. The van der Waals surface area contributed by atoms with Crippen molar-refractivity contribution in [1.29, 1.82) is 0 Å². The Morgan fingerprint density at radius 1 is 1.29 bits per heavy atom. The molecule has 2 saturated heterocycles. The minimum absolute atomic E-state index is 0.0842. The van der Waals surface area contributed by atoms with E-state index in [4.69, 9.17) is 5.11 Å². The van der Waals surface area contributed by atoms with Crippen LogP contribution in [0.25, 0.3) is 0 Å². The Kier molecular flexibility index (Phi) is 3.66. The molecule has 0 spiro atoms. The molecule has 0 aromatic rings. The molecule has 2 rings (SSSR count). The van der Waals surface area contributed by atoms with Gasteiger partial charge in [-0.05, 0) is 32.7 Å². The first kappa shape index (κ1) is 12.4. The topological polar surface area (TPSA) is 69.6 Å². The van der Waals surface area contributed by atoms with Crippen molar-refractivity contribution in [3.8, 4) is 0 Å². The normalized spacial score (nSPS) is 33.7. The molecule has 96 valence electrons. The second-order valence-corrected chi connectivity index (χ2v) is 5.01. The Hall–Kier alpha value is -1.10. The van der Waals surface area contributed by atoms with Gasteiger partial charge < -0.3 is 15.3 Å². The van der Waals surface area contributed by atoms with Gasteiger partial charge in [-0.1, -0.05) is 6.42 Å². The maximum atomic E-state index is 12.2. The molecule has 5 heteroatoms. The fourth-order valence-electron chi connectivity index (χ4n) is 2.84. The van der Waals surface area contributed by atoms with E-state index in [0.717, 1.165) is 25.8 Å². The van der Waals surface area contributed by atoms with E-state index in [9.17, 15) is 9.59 Å². The van der Waals surface area contributed by atoms with Crippen LogP contribution in [-0.4, -0.2) is 47.1 Å². The number of carboxylic acid groups (broad SMARTS) is 1. The highest BCUT2D eigenvalue weighted by atomic mass is 16.4. The molecular weight excluding hydrogens is 220 g/mol. The van der Waals surface area contributed by atoms with Gasteiger partial charge in [-0.3, -0.25) is 9.59 Å². The fourth-order valence-corrected chi connectivity index (χ4v) is 2.84. The first-order valence-corrected chi connectivity index (χ1v) is 6.38. The van der Waals surface area contributed by atoms with E-state index < -0.39 is 11.9 Å². The van der Waals surface area contributed by atoms with Crippen LogP contribution < -0.4 is 5.32 Å². The number of hydrogen-bond donors (Lipinski definition) is 2. The van der Waals surface area contributed by atoms with Crippen molar-refractivity contribution in [3.05, 3.63) is 0 Å². The molecule has 5 nitrogen and oxygen atoms in total. The number of nitrogens with one attached hydrogen (secondary N) is 1. The van der Waals surface area contributed by atoms with Gasteiger partial charge in [0.05, 0.1) is 12.0 Å². The summed E-state index contributed by atoms with van der Waals surface area (Å²) in [5.74, 6) is -1.10. The number of carbonyl (C=O) groups excluding carboxylic acids is 1. The Bertz CT molecular complexity index is 313. The standard InChI is InChI=1S/C12H20N2O3/c1-8-9(12(16)17)5-7-14(8)11(15)10-4-2-3-6-13-10/h8-10,13H,2-7H2,1H3,(H,16,17)/t8?,9?,10-/m1/s1. The van der Waals surface area contributed by atoms with Crippen LogP contribution in [0.1, 0.15) is 32.6 Å². The number of likely N-dealkylation sites (tertiary alicyclic amines) is 1. The molecule has 0 bridgehead atoms. The Balaban J connectivity index is 1.98. The summed E-state index contributed by atoms with van der Waals surface area (Å²) in [4.78, 5) is 25.0. The van der Waals surface area contributed by atoms with Gasteiger partial charge in [-0.15, -0.1) is 0 Å². The molecular formula is C12H20N2O3. The SMILES string of the molecule is CC1C(C(=O)O)CCN1C(=O)[C@H]1CCCCN1. The van der Waals surface area contributed by atoms with E-state index in [1.165, 1.54) is 0 Å². The first-order chi connectivity index (χ1) is 8.11. The van der Waals surface area contributed by atoms with Gasteiger partial charge in [0.15, 0.2) is 0 Å². The summed E-state index contributed by atoms with van der Waals surface area (Å²) in [6.45, 7) is 3.31. The zero-order chi connectivity index (χ0) is 12.4. The summed E-state index contributed by atoms with van der Waals surface area (Å²) in [5, 5.41) is 12.3. The van der Waals surface area contributed by atoms with Crippen LogP contribution in [0.5, 0.6) is 0 Å². The van der Waals surface area contributed by atoms with Crippen molar-refractivity contribution in [2.75, 3.05) is 13.1 Å². The van der Waals surface area contributed by atoms with Crippen molar-refractivity contribution >= 4 is 11.9 Å². The third-order valence-corrected chi connectivity index (χ3v) is 3.96. The molecule has 0 aromatic carbocycles. The molecule has 0 aromatic heterocycles. The molecule has 3 atom stereocenters. The molecule has 1 amide bonds. The second kappa shape index (κ2) is 5.04. The van der Waals surface area contributed by atoms with Crippen molar-refractivity contribution in [1.82, 2.24) is 10.2 Å². The lowest BCUT2D eigenvalue weighted by Crippen LogP contribution is -2.50. The van der Waals surface area contributed by atoms with Crippen LogP contribution in [0.2, 0.25) is 0 Å². The number of hydrogen-bond acceptors (Lipinski definition) is 3. The van der Waals surface area contributed by atoms with Gasteiger partial charge in [-0.2, -0.15) is 0 Å². The highest BCUT2D eigenvalue weighted by Gasteiger charge is 2.40. The Morgan fingerprint density at radius 3 is 2.59 bits per heavy atom. The van der Waals surface area contributed by atoms with Gasteiger partial charge >= 0.3 is 5.97 Å². The van der Waals surface area contributed by atoms with Crippen LogP contribution >= 0.6 is 0 Å². The Labute approximate surface area is 101 Å². The Morgan fingerprint density at radius 2 is 2.06 bits per heavy atom. The number of amides is 1. The number of aliphatic carboxylic acids is 1. The van der Waals surface area contributed by atoms with E-state index in [2.05, 4.69) is 5.32 Å². The smallest absolute Gasteiger partial charge is 0.308 e. The van der Waals surface area contributed by atoms with E-state index in [1.54, 1.807) is 4.90 Å². The molecule has 2 aliphatic rings. The van der Waals surface area contributed by atoms with Crippen molar-refractivity contribution < 1.29 is 14.7 Å². The molecule has 2 heterocycles. The van der Waals surface area contributed by atoms with Crippen LogP contribution in [0, 0.1) is 5.92 Å². The molecule has 2 unspecified atom stereocenters. The zero-order valence-corrected chi connectivity index (χ0v) is 10.2. The molecule has 17 heavy (non-hydrogen) atoms. The third-order valence-electron chi connectivity index (χ3n) is 3.96. The average Bonchev–Trinajstić information content (AvgIpc) is 2.71. The number of nitrogens with zero attached hydrogens (tertiary/aromatic N) is 1. The van der Waals surface area contributed by atoms with Crippen molar-refractivity contribution in [3.63, 3.8) is 0 Å². The van der Waals surface area contributed by atoms with Crippen LogP contribution in [-0.2, 0) is 9.59 Å². The quantitative estimate of drug-likeness (QED) is 0.735. The average molecular weight is 240 g/mol. The minimum Gasteiger partial charge on any atom is -0.481 e. The lowest BCUT2D eigenvalue weighted by atomic mass is 10.0. The number of piperidine rings is 1. The van der Waals surface area contributed by atoms with Crippen molar-refractivity contribution in [2.24, 2.45) is 5.92 Å². The molecule has 2 aliphatic heterocycles. The fraction of sp³-hybridized carbons (Fsp3) is 0.833. The summed E-state index contributed by atoms with van der Waals surface area (Å²) in [6, 6.07) is -0.275. The lowest BCUT2D eigenvalue weighted by molar-refractivity contribution is -0.143. The van der Waals surface area contributed by atoms with E-state index in [-0.39, 0.29) is 18.0 Å². The largest absolute Gasteiger partial charge is 0.481 e. The lowest BCUT2D eigenvalue weighted by Gasteiger charge is -2.30. The monoisotopic (exact) mass is 240 g/mol. The predicted octanol–water partition coefficient (Wildman–Crippen LogP) is 0.450. The van der Waals surface area contributed by atoms with E-state index in [0.29, 0.717) is 13.0 Å². The number of rotatable bonds is 2. The first-order valence-electron chi connectivity index (χ1n) is 6.38. The molecule has 0 radical (unpaired) electrons. The van der Waals surface area contributed by atoms with Crippen LogP contribution in [0.3, 0.4) is 0 Å². The number of carbonyl (C=O) groups is 2. The van der Waals surface area contributed by atoms with E-state index in [1.807, 2.05) is 6.92 Å². The summed E-state index contributed by atoms with van der Waals surface area (Å²) in [5.41, 5.74) is 0. The summed E-state index contributed by atoms with van der Waals surface area (Å²) < 4.78 is 0. The number of carboxylic acids is 1. The van der Waals surface area contributed by atoms with Crippen LogP contribution in [0.15, 0.2) is 0 Å². The molecule has 0 saturated carbocycles. The highest BCUT2D eigenvalue weighted by Crippen LogP contribution is 2.25. The highest BCUT2D eigenvalue weighted by molar-refractivity contribution is 5.84. The maximum absolute atomic E-state index is 12.2. The second-order valence-electron chi connectivity index (χ2n) is 5.01. The van der Waals surface area contributed by atoms with Crippen LogP contribution in [0.4, 0.5) is 0 Å².